The minimum atomic E-state index is -0.665. The van der Waals surface area contributed by atoms with Gasteiger partial charge in [-0.2, -0.15) is 0 Å². The molecule has 80 heavy (non-hydrogen) atoms. The summed E-state index contributed by atoms with van der Waals surface area (Å²) in [7, 11) is 0. The molecule has 0 aliphatic heterocycles. The zero-order valence-corrected chi connectivity index (χ0v) is 54.6. The largest absolute Gasteiger partial charge is 0.466 e. The summed E-state index contributed by atoms with van der Waals surface area (Å²) in [6.45, 7) is 4.99. The number of rotatable bonds is 70. The Hall–Kier alpha value is -1.40. The summed E-state index contributed by atoms with van der Waals surface area (Å²) >= 11 is 0. The first-order valence-corrected chi connectivity index (χ1v) is 36.9. The molecule has 0 saturated carbocycles. The molecule has 0 aromatic heterocycles. The Morgan fingerprint density at radius 2 is 0.588 bits per heavy atom. The fourth-order valence-corrected chi connectivity index (χ4v) is 11.9. The van der Waals surface area contributed by atoms with Gasteiger partial charge in [0.15, 0.2) is 0 Å². The van der Waals surface area contributed by atoms with E-state index in [9.17, 15) is 19.8 Å². The Morgan fingerprint density at radius 1 is 0.338 bits per heavy atom. The van der Waals surface area contributed by atoms with Gasteiger partial charge in [-0.1, -0.05) is 373 Å². The van der Waals surface area contributed by atoms with Crippen LogP contribution in [0.2, 0.25) is 0 Å². The Morgan fingerprint density at radius 3 is 0.887 bits per heavy atom. The maximum absolute atomic E-state index is 12.6. The van der Waals surface area contributed by atoms with Gasteiger partial charge in [0.1, 0.15) is 0 Å². The van der Waals surface area contributed by atoms with Gasteiger partial charge in [-0.3, -0.25) is 9.59 Å². The highest BCUT2D eigenvalue weighted by molar-refractivity contribution is 5.76. The second-order valence-corrected chi connectivity index (χ2v) is 25.6. The van der Waals surface area contributed by atoms with Crippen LogP contribution in [0.25, 0.3) is 0 Å². The topological polar surface area (TPSA) is 95.9 Å². The summed E-state index contributed by atoms with van der Waals surface area (Å²) in [4.78, 5) is 24.7. The molecular weight excluding hydrogens is 983 g/mol. The average Bonchev–Trinajstić information content (AvgIpc) is 3.46. The number of nitrogens with one attached hydrogen (secondary N) is 1. The first kappa shape index (κ1) is 78.6. The lowest BCUT2D eigenvalue weighted by molar-refractivity contribution is -0.143. The summed E-state index contributed by atoms with van der Waals surface area (Å²) in [6, 6.07) is -0.542. The molecule has 0 aromatic rings. The van der Waals surface area contributed by atoms with Gasteiger partial charge >= 0.3 is 5.97 Å². The molecule has 0 spiro atoms. The molecule has 3 N–H and O–H groups in total. The van der Waals surface area contributed by atoms with Crippen LogP contribution >= 0.6 is 0 Å². The summed E-state index contributed by atoms with van der Waals surface area (Å²) in [5.41, 5.74) is 0. The molecule has 1 amide bonds. The fraction of sp³-hybridized carbons (Fsp3) is 0.946. The molecule has 0 saturated heterocycles. The van der Waals surface area contributed by atoms with Crippen LogP contribution in [-0.4, -0.2) is 47.4 Å². The number of ether oxygens (including phenoxy) is 1. The highest BCUT2D eigenvalue weighted by atomic mass is 16.5. The van der Waals surface area contributed by atoms with E-state index in [1.54, 1.807) is 0 Å². The van der Waals surface area contributed by atoms with E-state index in [4.69, 9.17) is 4.74 Å². The van der Waals surface area contributed by atoms with Crippen LogP contribution in [0.5, 0.6) is 0 Å². The van der Waals surface area contributed by atoms with Crippen molar-refractivity contribution in [2.75, 3.05) is 13.2 Å². The number of esters is 1. The first-order valence-electron chi connectivity index (χ1n) is 36.9. The second-order valence-electron chi connectivity index (χ2n) is 25.6. The van der Waals surface area contributed by atoms with Crippen molar-refractivity contribution in [3.05, 3.63) is 12.2 Å². The van der Waals surface area contributed by atoms with Crippen LogP contribution in [0.15, 0.2) is 12.2 Å². The van der Waals surface area contributed by atoms with Crippen molar-refractivity contribution in [1.29, 1.82) is 0 Å². The van der Waals surface area contributed by atoms with E-state index in [1.807, 2.05) is 0 Å². The third-order valence-electron chi connectivity index (χ3n) is 17.6. The molecule has 0 radical (unpaired) electrons. The van der Waals surface area contributed by atoms with Crippen LogP contribution < -0.4 is 5.32 Å². The third kappa shape index (κ3) is 65.7. The zero-order valence-electron chi connectivity index (χ0n) is 54.6. The lowest BCUT2D eigenvalue weighted by atomic mass is 10.0. The lowest BCUT2D eigenvalue weighted by Crippen LogP contribution is -2.45. The molecule has 0 bridgehead atoms. The smallest absolute Gasteiger partial charge is 0.305 e. The number of hydrogen-bond acceptors (Lipinski definition) is 5. The molecule has 0 heterocycles. The fourth-order valence-electron chi connectivity index (χ4n) is 11.9. The molecular formula is C74H145NO5. The zero-order chi connectivity index (χ0) is 57.8. The number of hydrogen-bond donors (Lipinski definition) is 3. The average molecular weight is 1130 g/mol. The number of unbranched alkanes of at least 4 members (excludes halogenated alkanes) is 57. The molecule has 0 rings (SSSR count). The van der Waals surface area contributed by atoms with Gasteiger partial charge in [0.05, 0.1) is 25.4 Å². The molecule has 2 atom stereocenters. The number of aliphatic hydroxyl groups excluding tert-OH is 2. The highest BCUT2D eigenvalue weighted by Crippen LogP contribution is 2.20. The van der Waals surface area contributed by atoms with E-state index in [-0.39, 0.29) is 18.5 Å². The van der Waals surface area contributed by atoms with Crippen molar-refractivity contribution in [3.8, 4) is 0 Å². The lowest BCUT2D eigenvalue weighted by Gasteiger charge is -2.22. The van der Waals surface area contributed by atoms with Gasteiger partial charge in [0, 0.05) is 12.8 Å². The maximum Gasteiger partial charge on any atom is 0.305 e. The van der Waals surface area contributed by atoms with E-state index >= 15 is 0 Å². The van der Waals surface area contributed by atoms with E-state index in [2.05, 4.69) is 31.3 Å². The van der Waals surface area contributed by atoms with Crippen LogP contribution in [-0.2, 0) is 14.3 Å². The molecule has 6 nitrogen and oxygen atoms in total. The Bertz CT molecular complexity index is 1210. The van der Waals surface area contributed by atoms with Gasteiger partial charge in [-0.25, -0.2) is 0 Å². The van der Waals surface area contributed by atoms with Gasteiger partial charge in [-0.05, 0) is 51.4 Å². The predicted octanol–water partition coefficient (Wildman–Crippen LogP) is 23.9. The normalized spacial score (nSPS) is 12.5. The molecule has 0 aliphatic carbocycles. The third-order valence-corrected chi connectivity index (χ3v) is 17.6. The summed E-state index contributed by atoms with van der Waals surface area (Å²) in [6.07, 6.45) is 87.0. The minimum absolute atomic E-state index is 0.00848. The maximum atomic E-state index is 12.6. The second kappa shape index (κ2) is 70.1. The number of allylic oxidation sites excluding steroid dienone is 2. The van der Waals surface area contributed by atoms with Crippen LogP contribution in [0.4, 0.5) is 0 Å². The molecule has 0 fully saturated rings. The monoisotopic (exact) mass is 1130 g/mol. The van der Waals surface area contributed by atoms with Crippen LogP contribution in [0, 0.1) is 0 Å². The van der Waals surface area contributed by atoms with Crippen LogP contribution in [0.1, 0.15) is 425 Å². The quantitative estimate of drug-likeness (QED) is 0.0320. The van der Waals surface area contributed by atoms with Crippen molar-refractivity contribution >= 4 is 11.9 Å². The standard InChI is InChI=1S/C74H145NO5/c1-3-5-7-9-11-13-15-17-19-21-22-23-24-26-29-32-35-38-42-46-50-54-58-62-66-72(77)71(70-76)75-73(78)67-63-59-55-51-47-43-39-36-33-30-27-25-28-31-34-37-41-45-49-53-57-61-65-69-80-74(79)68-64-60-56-52-48-44-40-20-18-16-14-12-10-8-6-4-2/h20,40,71-72,76-77H,3-19,21-39,41-70H2,1-2H3,(H,75,78)/b40-20-. The first-order chi connectivity index (χ1) is 39.5. The van der Waals surface area contributed by atoms with Crippen molar-refractivity contribution in [2.45, 2.75) is 437 Å². The number of amides is 1. The Balaban J connectivity index is 3.37. The van der Waals surface area contributed by atoms with Gasteiger partial charge in [-0.15, -0.1) is 0 Å². The van der Waals surface area contributed by atoms with Crippen molar-refractivity contribution in [2.24, 2.45) is 0 Å². The molecule has 476 valence electrons. The van der Waals surface area contributed by atoms with E-state index in [0.717, 1.165) is 44.9 Å². The van der Waals surface area contributed by atoms with Gasteiger partial charge in [0.2, 0.25) is 5.91 Å². The van der Waals surface area contributed by atoms with Crippen LogP contribution in [0.3, 0.4) is 0 Å². The SMILES string of the molecule is CCCCCCCCC/C=C\CCCCCCCC(=O)OCCCCCCCCCCCCCCCCCCCCCCCCCC(=O)NC(CO)C(O)CCCCCCCCCCCCCCCCCCCCCCCCCC. The predicted molar refractivity (Wildman–Crippen MR) is 352 cm³/mol. The number of aliphatic hydroxyl groups is 2. The summed E-state index contributed by atoms with van der Waals surface area (Å²) in [5, 5.41) is 23.5. The molecule has 0 aliphatic rings. The molecule has 6 heteroatoms. The van der Waals surface area contributed by atoms with Crippen molar-refractivity contribution in [3.63, 3.8) is 0 Å². The summed E-state index contributed by atoms with van der Waals surface area (Å²) < 4.78 is 5.50. The van der Waals surface area contributed by atoms with Crippen molar-refractivity contribution in [1.82, 2.24) is 5.32 Å². The van der Waals surface area contributed by atoms with Crippen molar-refractivity contribution < 1.29 is 24.5 Å². The minimum Gasteiger partial charge on any atom is -0.466 e. The Labute approximate surface area is 501 Å². The van der Waals surface area contributed by atoms with Gasteiger partial charge in [0.25, 0.3) is 0 Å². The highest BCUT2D eigenvalue weighted by Gasteiger charge is 2.20. The number of carbonyl (C=O) groups is 2. The number of carbonyl (C=O) groups excluding carboxylic acids is 2. The van der Waals surface area contributed by atoms with E-state index in [0.29, 0.717) is 25.9 Å². The van der Waals surface area contributed by atoms with E-state index in [1.165, 1.54) is 347 Å². The summed E-state index contributed by atoms with van der Waals surface area (Å²) in [5.74, 6) is -0.0204. The van der Waals surface area contributed by atoms with Gasteiger partial charge < -0.3 is 20.3 Å². The Kier molecular flexibility index (Phi) is 68.9. The molecule has 0 aromatic carbocycles. The molecule has 2 unspecified atom stereocenters. The van der Waals surface area contributed by atoms with E-state index < -0.39 is 12.1 Å².